The van der Waals surface area contributed by atoms with E-state index in [9.17, 15) is 5.11 Å². The Labute approximate surface area is 185 Å². The molecule has 0 aliphatic rings. The Hall–Kier alpha value is -2.63. The molecule has 4 nitrogen and oxygen atoms in total. The van der Waals surface area contributed by atoms with Crippen molar-refractivity contribution in [3.05, 3.63) is 64.3 Å². The maximum atomic E-state index is 9.65. The number of hydrogen-bond donors (Lipinski definition) is 1. The van der Waals surface area contributed by atoms with Gasteiger partial charge in [0, 0.05) is 23.2 Å². The summed E-state index contributed by atoms with van der Waals surface area (Å²) in [6.07, 6.45) is 0.905. The van der Waals surface area contributed by atoms with Crippen molar-refractivity contribution < 1.29 is 5.11 Å². The highest BCUT2D eigenvalue weighted by Gasteiger charge is 2.22. The molecular weight excluding hydrogens is 414 g/mol. The minimum absolute atomic E-state index is 0.229. The van der Waals surface area contributed by atoms with Gasteiger partial charge in [-0.25, -0.2) is 4.98 Å². The van der Waals surface area contributed by atoms with Crippen LogP contribution >= 0.6 is 22.9 Å². The summed E-state index contributed by atoms with van der Waals surface area (Å²) >= 11 is 7.98. The first-order valence-electron chi connectivity index (χ1n) is 10.0. The summed E-state index contributed by atoms with van der Waals surface area (Å²) in [5.41, 5.74) is 4.56. The largest absolute Gasteiger partial charge is 0.508 e. The number of anilines is 2. The van der Waals surface area contributed by atoms with Gasteiger partial charge in [0.2, 0.25) is 5.28 Å². The minimum atomic E-state index is 0.229. The lowest BCUT2D eigenvalue weighted by atomic mass is 9.97. The molecule has 4 rings (SSSR count). The standard InChI is InChI=1S/C24H24ClN3OS/c1-5-19-20(16-8-6-15(7-9-16)14(2)3)21-22(26-24(25)27-23(21)30-19)28(4)17-10-12-18(29)13-11-17/h6-14,29H,5H2,1-4H3. The second kappa shape index (κ2) is 8.25. The molecule has 0 aliphatic carbocycles. The Morgan fingerprint density at radius 2 is 1.70 bits per heavy atom. The normalized spacial score (nSPS) is 11.4. The van der Waals surface area contributed by atoms with Gasteiger partial charge in [0.15, 0.2) is 0 Å². The predicted molar refractivity (Wildman–Crippen MR) is 127 cm³/mol. The van der Waals surface area contributed by atoms with Crippen LogP contribution in [0.2, 0.25) is 5.28 Å². The van der Waals surface area contributed by atoms with Gasteiger partial charge in [0.1, 0.15) is 16.4 Å². The van der Waals surface area contributed by atoms with E-state index in [0.717, 1.165) is 33.7 Å². The van der Waals surface area contributed by atoms with Crippen molar-refractivity contribution in [2.24, 2.45) is 0 Å². The van der Waals surface area contributed by atoms with Crippen LogP contribution in [0.1, 0.15) is 37.1 Å². The second-order valence-corrected chi connectivity index (χ2v) is 9.02. The molecule has 30 heavy (non-hydrogen) atoms. The summed E-state index contributed by atoms with van der Waals surface area (Å²) in [5, 5.41) is 10.9. The van der Waals surface area contributed by atoms with Crippen LogP contribution in [0.25, 0.3) is 21.3 Å². The van der Waals surface area contributed by atoms with Crippen molar-refractivity contribution in [2.75, 3.05) is 11.9 Å². The first kappa shape index (κ1) is 20.6. The number of phenolic OH excluding ortho intramolecular Hbond substituents is 1. The lowest BCUT2D eigenvalue weighted by Gasteiger charge is -2.20. The van der Waals surface area contributed by atoms with Crippen molar-refractivity contribution in [1.82, 2.24) is 9.97 Å². The first-order chi connectivity index (χ1) is 14.4. The molecule has 0 bridgehead atoms. The summed E-state index contributed by atoms with van der Waals surface area (Å²) in [6.45, 7) is 6.56. The fraction of sp³-hybridized carbons (Fsp3) is 0.250. The van der Waals surface area contributed by atoms with Crippen LogP contribution < -0.4 is 4.90 Å². The third kappa shape index (κ3) is 3.75. The number of hydrogen-bond acceptors (Lipinski definition) is 5. The van der Waals surface area contributed by atoms with E-state index in [4.69, 9.17) is 11.6 Å². The Bertz CT molecular complexity index is 1180. The third-order valence-corrected chi connectivity index (χ3v) is 6.72. The van der Waals surface area contributed by atoms with E-state index < -0.39 is 0 Å². The van der Waals surface area contributed by atoms with E-state index in [-0.39, 0.29) is 11.0 Å². The van der Waals surface area contributed by atoms with Crippen molar-refractivity contribution >= 4 is 44.7 Å². The van der Waals surface area contributed by atoms with Crippen LogP contribution in [0.3, 0.4) is 0 Å². The van der Waals surface area contributed by atoms with Gasteiger partial charge in [-0.05, 0) is 59.3 Å². The monoisotopic (exact) mass is 437 g/mol. The molecule has 0 fully saturated rings. The van der Waals surface area contributed by atoms with Gasteiger partial charge < -0.3 is 10.0 Å². The van der Waals surface area contributed by atoms with Gasteiger partial charge in [-0.2, -0.15) is 4.98 Å². The number of rotatable bonds is 5. The van der Waals surface area contributed by atoms with Crippen LogP contribution in [0.4, 0.5) is 11.5 Å². The number of halogens is 1. The van der Waals surface area contributed by atoms with Gasteiger partial charge in [-0.15, -0.1) is 11.3 Å². The van der Waals surface area contributed by atoms with E-state index in [1.54, 1.807) is 23.5 Å². The fourth-order valence-electron chi connectivity index (χ4n) is 3.63. The molecular formula is C24H24ClN3OS. The zero-order valence-electron chi connectivity index (χ0n) is 17.5. The molecule has 0 saturated carbocycles. The highest BCUT2D eigenvalue weighted by Crippen LogP contribution is 2.44. The van der Waals surface area contributed by atoms with Crippen LogP contribution in [0, 0.1) is 0 Å². The van der Waals surface area contributed by atoms with Crippen molar-refractivity contribution in [3.8, 4) is 16.9 Å². The topological polar surface area (TPSA) is 49.2 Å². The highest BCUT2D eigenvalue weighted by molar-refractivity contribution is 7.19. The lowest BCUT2D eigenvalue weighted by molar-refractivity contribution is 0.475. The molecule has 2 aromatic heterocycles. The smallest absolute Gasteiger partial charge is 0.225 e. The zero-order chi connectivity index (χ0) is 21.4. The molecule has 0 atom stereocenters. The lowest BCUT2D eigenvalue weighted by Crippen LogP contribution is -2.12. The molecule has 0 amide bonds. The predicted octanol–water partition coefficient (Wildman–Crippen LogP) is 7.17. The number of aromatic hydroxyl groups is 1. The Morgan fingerprint density at radius 3 is 2.30 bits per heavy atom. The highest BCUT2D eigenvalue weighted by atomic mass is 35.5. The molecule has 0 saturated heterocycles. The van der Waals surface area contributed by atoms with Crippen molar-refractivity contribution in [2.45, 2.75) is 33.1 Å². The fourth-order valence-corrected chi connectivity index (χ4v) is 4.98. The van der Waals surface area contributed by atoms with E-state index in [1.165, 1.54) is 16.0 Å². The molecule has 0 unspecified atom stereocenters. The molecule has 154 valence electrons. The van der Waals surface area contributed by atoms with E-state index >= 15 is 0 Å². The van der Waals surface area contributed by atoms with Gasteiger partial charge in [-0.3, -0.25) is 0 Å². The molecule has 2 aromatic carbocycles. The number of phenols is 1. The van der Waals surface area contributed by atoms with Gasteiger partial charge in [0.05, 0.1) is 5.39 Å². The van der Waals surface area contributed by atoms with Gasteiger partial charge >= 0.3 is 0 Å². The summed E-state index contributed by atoms with van der Waals surface area (Å²) in [4.78, 5) is 13.3. The molecule has 6 heteroatoms. The molecule has 0 aliphatic heterocycles. The van der Waals surface area contributed by atoms with Gasteiger partial charge in [-0.1, -0.05) is 45.0 Å². The summed E-state index contributed by atoms with van der Waals surface area (Å²) in [5.74, 6) is 1.48. The Kier molecular flexibility index (Phi) is 5.67. The number of benzene rings is 2. The molecule has 1 N–H and O–H groups in total. The number of thiophene rings is 1. The molecule has 2 heterocycles. The zero-order valence-corrected chi connectivity index (χ0v) is 19.1. The van der Waals surface area contributed by atoms with Crippen LogP contribution in [0.15, 0.2) is 48.5 Å². The first-order valence-corrected chi connectivity index (χ1v) is 11.2. The maximum absolute atomic E-state index is 9.65. The number of aryl methyl sites for hydroxylation is 1. The van der Waals surface area contributed by atoms with Crippen molar-refractivity contribution in [3.63, 3.8) is 0 Å². The third-order valence-electron chi connectivity index (χ3n) is 5.32. The van der Waals surface area contributed by atoms with Crippen LogP contribution in [0.5, 0.6) is 5.75 Å². The second-order valence-electron chi connectivity index (χ2n) is 7.60. The van der Waals surface area contributed by atoms with Crippen LogP contribution in [-0.2, 0) is 6.42 Å². The Balaban J connectivity index is 1.95. The number of fused-ring (bicyclic) bond motifs is 1. The molecule has 0 spiro atoms. The molecule has 0 radical (unpaired) electrons. The summed E-state index contributed by atoms with van der Waals surface area (Å²) in [7, 11) is 1.96. The van der Waals surface area contributed by atoms with E-state index in [0.29, 0.717) is 5.92 Å². The average Bonchev–Trinajstić information content (AvgIpc) is 3.11. The SMILES string of the molecule is CCc1sc2nc(Cl)nc(N(C)c3ccc(O)cc3)c2c1-c1ccc(C(C)C)cc1. The average molecular weight is 438 g/mol. The van der Waals surface area contributed by atoms with Crippen LogP contribution in [-0.4, -0.2) is 22.1 Å². The van der Waals surface area contributed by atoms with Gasteiger partial charge in [0.25, 0.3) is 0 Å². The summed E-state index contributed by atoms with van der Waals surface area (Å²) in [6, 6.07) is 15.8. The quantitative estimate of drug-likeness (QED) is 0.336. The van der Waals surface area contributed by atoms with Crippen molar-refractivity contribution in [1.29, 1.82) is 0 Å². The summed E-state index contributed by atoms with van der Waals surface area (Å²) < 4.78 is 0. The van der Waals surface area contributed by atoms with E-state index in [2.05, 4.69) is 55.0 Å². The maximum Gasteiger partial charge on any atom is 0.225 e. The number of aromatic nitrogens is 2. The minimum Gasteiger partial charge on any atom is -0.508 e. The number of nitrogens with zero attached hydrogens (tertiary/aromatic N) is 3. The van der Waals surface area contributed by atoms with E-state index in [1.807, 2.05) is 24.1 Å². The Morgan fingerprint density at radius 1 is 1.03 bits per heavy atom. The molecule has 4 aromatic rings.